The largest absolute Gasteiger partial charge is 0.272 e. The molecular weight excluding hydrogens is 313 g/mol. The van der Waals surface area contributed by atoms with Gasteiger partial charge in [-0.05, 0) is 39.7 Å². The van der Waals surface area contributed by atoms with Crippen LogP contribution >= 0.6 is 15.9 Å². The Bertz CT molecular complexity index is 614. The Labute approximate surface area is 117 Å². The van der Waals surface area contributed by atoms with Crippen LogP contribution in [-0.4, -0.2) is 17.1 Å². The summed E-state index contributed by atoms with van der Waals surface area (Å²) in [6.07, 6.45) is 4.45. The first-order valence-electron chi connectivity index (χ1n) is 5.35. The number of hydrogen-bond acceptors (Lipinski definition) is 3. The van der Waals surface area contributed by atoms with E-state index in [1.807, 2.05) is 0 Å². The molecule has 0 bridgehead atoms. The number of carbonyl (C=O) groups is 1. The molecule has 2 rings (SSSR count). The van der Waals surface area contributed by atoms with Crippen molar-refractivity contribution in [2.75, 3.05) is 0 Å². The van der Waals surface area contributed by atoms with E-state index in [1.165, 1.54) is 24.5 Å². The number of halogens is 2. The lowest BCUT2D eigenvalue weighted by molar-refractivity contribution is 0.0954. The van der Waals surface area contributed by atoms with Gasteiger partial charge in [0.05, 0.1) is 11.8 Å². The highest BCUT2D eigenvalue weighted by atomic mass is 79.9. The third-order valence-electron chi connectivity index (χ3n) is 2.22. The zero-order valence-electron chi connectivity index (χ0n) is 9.68. The summed E-state index contributed by atoms with van der Waals surface area (Å²) < 4.78 is 13.4. The highest BCUT2D eigenvalue weighted by Gasteiger charge is 2.04. The van der Waals surface area contributed by atoms with Gasteiger partial charge in [-0.3, -0.25) is 9.78 Å². The maximum atomic E-state index is 12.7. The van der Waals surface area contributed by atoms with E-state index < -0.39 is 0 Å². The van der Waals surface area contributed by atoms with Gasteiger partial charge in [0.2, 0.25) is 0 Å². The molecule has 0 saturated heterocycles. The molecule has 0 saturated carbocycles. The number of nitrogens with zero attached hydrogens (tertiary/aromatic N) is 2. The fourth-order valence-electron chi connectivity index (χ4n) is 1.31. The number of aromatic nitrogens is 1. The molecule has 0 aliphatic carbocycles. The monoisotopic (exact) mass is 321 g/mol. The molecule has 0 fully saturated rings. The average molecular weight is 322 g/mol. The molecule has 0 spiro atoms. The number of carbonyl (C=O) groups excluding carboxylic acids is 1. The van der Waals surface area contributed by atoms with Crippen molar-refractivity contribution in [1.82, 2.24) is 10.4 Å². The van der Waals surface area contributed by atoms with Crippen molar-refractivity contribution in [1.29, 1.82) is 0 Å². The fraction of sp³-hybridized carbons (Fsp3) is 0. The van der Waals surface area contributed by atoms with E-state index in [-0.39, 0.29) is 11.7 Å². The van der Waals surface area contributed by atoms with Crippen LogP contribution in [0.25, 0.3) is 0 Å². The minimum absolute atomic E-state index is 0.318. The van der Waals surface area contributed by atoms with E-state index in [0.29, 0.717) is 15.6 Å². The van der Waals surface area contributed by atoms with E-state index in [4.69, 9.17) is 0 Å². The van der Waals surface area contributed by atoms with Gasteiger partial charge in [0.15, 0.2) is 0 Å². The van der Waals surface area contributed by atoms with E-state index in [9.17, 15) is 9.18 Å². The molecule has 0 radical (unpaired) electrons. The molecule has 1 N–H and O–H groups in total. The summed E-state index contributed by atoms with van der Waals surface area (Å²) in [5.74, 6) is -0.687. The third kappa shape index (κ3) is 3.96. The Balaban J connectivity index is 1.98. The van der Waals surface area contributed by atoms with Crippen LogP contribution in [0.4, 0.5) is 4.39 Å². The SMILES string of the molecule is O=C(N/N=C\c1ccc(F)cc1)c1cncc(Br)c1. The van der Waals surface area contributed by atoms with Crippen molar-refractivity contribution >= 4 is 28.1 Å². The Morgan fingerprint density at radius 2 is 2.05 bits per heavy atom. The van der Waals surface area contributed by atoms with Gasteiger partial charge in [-0.2, -0.15) is 5.10 Å². The zero-order valence-corrected chi connectivity index (χ0v) is 11.3. The van der Waals surface area contributed by atoms with Crippen molar-refractivity contribution in [2.45, 2.75) is 0 Å². The predicted molar refractivity (Wildman–Crippen MR) is 73.4 cm³/mol. The van der Waals surface area contributed by atoms with Gasteiger partial charge in [-0.15, -0.1) is 0 Å². The zero-order chi connectivity index (χ0) is 13.7. The second-order valence-electron chi connectivity index (χ2n) is 3.64. The standard InChI is InChI=1S/C13H9BrFN3O/c14-11-5-10(7-16-8-11)13(19)18-17-6-9-1-3-12(15)4-2-9/h1-8H,(H,18,19)/b17-6-. The van der Waals surface area contributed by atoms with Crippen LogP contribution in [0.2, 0.25) is 0 Å². The summed E-state index contributed by atoms with van der Waals surface area (Å²) in [5.41, 5.74) is 3.45. The molecule has 0 aliphatic heterocycles. The van der Waals surface area contributed by atoms with Crippen LogP contribution in [-0.2, 0) is 0 Å². The van der Waals surface area contributed by atoms with Crippen LogP contribution in [0.1, 0.15) is 15.9 Å². The van der Waals surface area contributed by atoms with Crippen LogP contribution in [0.15, 0.2) is 52.3 Å². The third-order valence-corrected chi connectivity index (χ3v) is 2.65. The van der Waals surface area contributed by atoms with Crippen molar-refractivity contribution in [2.24, 2.45) is 5.10 Å². The van der Waals surface area contributed by atoms with Gasteiger partial charge in [-0.25, -0.2) is 9.82 Å². The summed E-state index contributed by atoms with van der Waals surface area (Å²) >= 11 is 3.23. The maximum Gasteiger partial charge on any atom is 0.272 e. The van der Waals surface area contributed by atoms with Crippen LogP contribution < -0.4 is 5.43 Å². The van der Waals surface area contributed by atoms with Crippen LogP contribution in [0.5, 0.6) is 0 Å². The molecule has 0 unspecified atom stereocenters. The highest BCUT2D eigenvalue weighted by molar-refractivity contribution is 9.10. The normalized spacial score (nSPS) is 10.6. The highest BCUT2D eigenvalue weighted by Crippen LogP contribution is 2.09. The lowest BCUT2D eigenvalue weighted by atomic mass is 10.2. The molecule has 96 valence electrons. The fourth-order valence-corrected chi connectivity index (χ4v) is 1.68. The Morgan fingerprint density at radius 3 is 2.74 bits per heavy atom. The van der Waals surface area contributed by atoms with Gasteiger partial charge in [-0.1, -0.05) is 12.1 Å². The summed E-state index contributed by atoms with van der Waals surface area (Å²) in [6, 6.07) is 7.40. The van der Waals surface area contributed by atoms with Crippen LogP contribution in [0.3, 0.4) is 0 Å². The van der Waals surface area contributed by atoms with Gasteiger partial charge in [0.1, 0.15) is 5.82 Å². The average Bonchev–Trinajstić information content (AvgIpc) is 2.41. The maximum absolute atomic E-state index is 12.7. The Kier molecular flexibility index (Phi) is 4.35. The predicted octanol–water partition coefficient (Wildman–Crippen LogP) is 2.75. The smallest absolute Gasteiger partial charge is 0.267 e. The second kappa shape index (κ2) is 6.19. The molecule has 4 nitrogen and oxygen atoms in total. The molecule has 0 aliphatic rings. The lowest BCUT2D eigenvalue weighted by Crippen LogP contribution is -2.17. The minimum Gasteiger partial charge on any atom is -0.267 e. The second-order valence-corrected chi connectivity index (χ2v) is 4.56. The topological polar surface area (TPSA) is 54.4 Å². The van der Waals surface area contributed by atoms with Crippen molar-refractivity contribution < 1.29 is 9.18 Å². The molecule has 1 heterocycles. The van der Waals surface area contributed by atoms with Gasteiger partial charge >= 0.3 is 0 Å². The minimum atomic E-state index is -0.368. The van der Waals surface area contributed by atoms with Crippen molar-refractivity contribution in [3.63, 3.8) is 0 Å². The summed E-state index contributed by atoms with van der Waals surface area (Å²) in [5, 5.41) is 3.79. The summed E-state index contributed by atoms with van der Waals surface area (Å²) in [6.45, 7) is 0. The van der Waals surface area contributed by atoms with E-state index in [0.717, 1.165) is 0 Å². The molecule has 0 atom stereocenters. The number of nitrogens with one attached hydrogen (secondary N) is 1. The summed E-state index contributed by atoms with van der Waals surface area (Å²) in [7, 11) is 0. The van der Waals surface area contributed by atoms with Gasteiger partial charge in [0.25, 0.3) is 5.91 Å². The molecule has 2 aromatic rings. The number of pyridine rings is 1. The molecule has 1 aromatic carbocycles. The molecule has 6 heteroatoms. The number of amides is 1. The quantitative estimate of drug-likeness (QED) is 0.698. The molecule has 19 heavy (non-hydrogen) atoms. The summed E-state index contributed by atoms with van der Waals surface area (Å²) in [4.78, 5) is 15.6. The van der Waals surface area contributed by atoms with E-state index >= 15 is 0 Å². The lowest BCUT2D eigenvalue weighted by Gasteiger charge is -1.99. The van der Waals surface area contributed by atoms with Crippen LogP contribution in [0, 0.1) is 5.82 Å². The number of rotatable bonds is 3. The van der Waals surface area contributed by atoms with Crippen molar-refractivity contribution in [3.8, 4) is 0 Å². The Hall–Kier alpha value is -2.08. The molecule has 1 aromatic heterocycles. The van der Waals surface area contributed by atoms with E-state index in [2.05, 4.69) is 31.4 Å². The first-order chi connectivity index (χ1) is 9.15. The molecule has 1 amide bonds. The Morgan fingerprint density at radius 1 is 1.32 bits per heavy atom. The number of benzene rings is 1. The van der Waals surface area contributed by atoms with Gasteiger partial charge < -0.3 is 0 Å². The number of hydrazone groups is 1. The first kappa shape index (κ1) is 13.4. The van der Waals surface area contributed by atoms with Crippen molar-refractivity contribution in [3.05, 3.63) is 64.1 Å². The molecular formula is C13H9BrFN3O. The van der Waals surface area contributed by atoms with E-state index in [1.54, 1.807) is 24.4 Å². The first-order valence-corrected chi connectivity index (χ1v) is 6.14. The number of hydrogen-bond donors (Lipinski definition) is 1. The van der Waals surface area contributed by atoms with Gasteiger partial charge in [0, 0.05) is 16.9 Å².